The smallest absolute Gasteiger partial charge is 0.303 e. The summed E-state index contributed by atoms with van der Waals surface area (Å²) >= 11 is 0. The maximum atomic E-state index is 13.7. The topological polar surface area (TPSA) is 254 Å². The van der Waals surface area contributed by atoms with Gasteiger partial charge in [0.15, 0.2) is 0 Å². The van der Waals surface area contributed by atoms with Crippen molar-refractivity contribution in [2.24, 2.45) is 0 Å². The van der Waals surface area contributed by atoms with E-state index in [0.717, 1.165) is 0 Å². The predicted octanol–water partition coefficient (Wildman–Crippen LogP) is 0.971. The molecule has 49 heavy (non-hydrogen) atoms. The first-order valence-electron chi connectivity index (χ1n) is 15.5. The van der Waals surface area contributed by atoms with E-state index < -0.39 is 83.4 Å². The van der Waals surface area contributed by atoms with Crippen molar-refractivity contribution in [2.45, 2.75) is 76.0 Å². The molecule has 0 aromatic heterocycles. The Balaban J connectivity index is 1.75. The van der Waals surface area contributed by atoms with Crippen LogP contribution in [0.25, 0.3) is 0 Å². The minimum absolute atomic E-state index is 0.0689. The van der Waals surface area contributed by atoms with Crippen LogP contribution in [0.15, 0.2) is 54.6 Å². The van der Waals surface area contributed by atoms with Crippen molar-refractivity contribution in [1.29, 1.82) is 0 Å². The van der Waals surface area contributed by atoms with Gasteiger partial charge >= 0.3 is 11.9 Å². The number of nitro groups is 1. The molecule has 0 bridgehead atoms. The first kappa shape index (κ1) is 37.6. The number of aliphatic carboxylic acids is 2. The number of nitrogens with one attached hydrogen (secondary N) is 4. The molecular weight excluding hydrogens is 644 g/mol. The summed E-state index contributed by atoms with van der Waals surface area (Å²) in [6.45, 7) is 1.42. The monoisotopic (exact) mass is 682 g/mol. The average Bonchev–Trinajstić information content (AvgIpc) is 3.56. The molecule has 1 saturated heterocycles. The molecule has 6 N–H and O–H groups in total. The lowest BCUT2D eigenvalue weighted by molar-refractivity contribution is -0.384. The third kappa shape index (κ3) is 11.7. The summed E-state index contributed by atoms with van der Waals surface area (Å²) in [6.07, 6.45) is -0.965. The van der Waals surface area contributed by atoms with Gasteiger partial charge in [-0.3, -0.25) is 43.7 Å². The van der Waals surface area contributed by atoms with Crippen LogP contribution >= 0.6 is 0 Å². The highest BCUT2D eigenvalue weighted by Gasteiger charge is 2.39. The largest absolute Gasteiger partial charge is 0.481 e. The lowest BCUT2D eigenvalue weighted by Gasteiger charge is -2.30. The van der Waals surface area contributed by atoms with E-state index in [1.54, 1.807) is 30.3 Å². The quantitative estimate of drug-likeness (QED) is 0.101. The fourth-order valence-corrected chi connectivity index (χ4v) is 5.15. The standard InChI is InChI=1S/C32H38N6O11/c1-19(33-26(39)14-16-28(42)43)29(44)35-23(13-15-27(40)41)32(47)37-17-5-8-25(37)31(46)36-24(18-20-6-3-2-4-7-20)30(45)34-21-9-11-22(12-10-21)38(48)49/h2-4,6-7,9-12,19,23-25H,5,8,13-18H2,1H3,(H,33,39)(H,34,45)(H,35,44)(H,36,46)(H,40,41)(H,42,43). The third-order valence-corrected chi connectivity index (χ3v) is 7.70. The number of anilines is 1. The molecule has 1 heterocycles. The number of rotatable bonds is 17. The zero-order valence-corrected chi connectivity index (χ0v) is 26.6. The molecule has 3 rings (SSSR count). The predicted molar refractivity (Wildman–Crippen MR) is 172 cm³/mol. The van der Waals surface area contributed by atoms with Gasteiger partial charge < -0.3 is 36.4 Å². The number of carbonyl (C=O) groups is 7. The maximum absolute atomic E-state index is 13.7. The van der Waals surface area contributed by atoms with Gasteiger partial charge in [0.2, 0.25) is 29.5 Å². The highest BCUT2D eigenvalue weighted by atomic mass is 16.6. The van der Waals surface area contributed by atoms with Crippen molar-refractivity contribution in [3.05, 3.63) is 70.3 Å². The molecule has 17 nitrogen and oxygen atoms in total. The molecule has 1 fully saturated rings. The van der Waals surface area contributed by atoms with Gasteiger partial charge in [-0.1, -0.05) is 30.3 Å². The van der Waals surface area contributed by atoms with Gasteiger partial charge in [0, 0.05) is 43.6 Å². The highest BCUT2D eigenvalue weighted by molar-refractivity contribution is 5.99. The number of nitro benzene ring substituents is 1. The molecular formula is C32H38N6O11. The molecule has 0 saturated carbocycles. The molecule has 2 aromatic carbocycles. The number of amides is 5. The molecule has 1 aliphatic rings. The van der Waals surface area contributed by atoms with E-state index in [0.29, 0.717) is 12.0 Å². The van der Waals surface area contributed by atoms with E-state index in [1.807, 2.05) is 0 Å². The van der Waals surface area contributed by atoms with Crippen molar-refractivity contribution >= 4 is 52.8 Å². The van der Waals surface area contributed by atoms with E-state index >= 15 is 0 Å². The van der Waals surface area contributed by atoms with Crippen molar-refractivity contribution in [3.63, 3.8) is 0 Å². The number of likely N-dealkylation sites (tertiary alicyclic amines) is 1. The van der Waals surface area contributed by atoms with E-state index in [4.69, 9.17) is 5.11 Å². The minimum atomic E-state index is -1.37. The van der Waals surface area contributed by atoms with E-state index in [9.17, 15) is 48.8 Å². The van der Waals surface area contributed by atoms with Crippen molar-refractivity contribution in [2.75, 3.05) is 11.9 Å². The molecule has 0 radical (unpaired) electrons. The fourth-order valence-electron chi connectivity index (χ4n) is 5.15. The van der Waals surface area contributed by atoms with Gasteiger partial charge in [-0.05, 0) is 43.9 Å². The van der Waals surface area contributed by atoms with Crippen LogP contribution in [0.5, 0.6) is 0 Å². The Morgan fingerprint density at radius 3 is 2.12 bits per heavy atom. The number of benzene rings is 2. The lowest BCUT2D eigenvalue weighted by Crippen LogP contribution is -2.57. The summed E-state index contributed by atoms with van der Waals surface area (Å²) < 4.78 is 0. The third-order valence-electron chi connectivity index (χ3n) is 7.70. The molecule has 0 spiro atoms. The molecule has 17 heteroatoms. The van der Waals surface area contributed by atoms with E-state index in [-0.39, 0.29) is 43.6 Å². The van der Waals surface area contributed by atoms with Crippen LogP contribution in [0.2, 0.25) is 0 Å². The van der Waals surface area contributed by atoms with Crippen molar-refractivity contribution in [1.82, 2.24) is 20.9 Å². The maximum Gasteiger partial charge on any atom is 0.303 e. The average molecular weight is 683 g/mol. The van der Waals surface area contributed by atoms with Crippen LogP contribution in [0.3, 0.4) is 0 Å². The molecule has 4 atom stereocenters. The Hall–Kier alpha value is -5.87. The van der Waals surface area contributed by atoms with E-state index in [2.05, 4.69) is 21.3 Å². The van der Waals surface area contributed by atoms with Crippen LogP contribution < -0.4 is 21.3 Å². The summed E-state index contributed by atoms with van der Waals surface area (Å²) in [5, 5.41) is 39.1. The summed E-state index contributed by atoms with van der Waals surface area (Å²) in [6, 6.07) is 9.20. The van der Waals surface area contributed by atoms with Gasteiger partial charge in [0.25, 0.3) is 5.69 Å². The normalized spacial score (nSPS) is 15.6. The van der Waals surface area contributed by atoms with Crippen LogP contribution in [0, 0.1) is 10.1 Å². The summed E-state index contributed by atoms with van der Waals surface area (Å²) in [7, 11) is 0. The summed E-state index contributed by atoms with van der Waals surface area (Å²) in [5.41, 5.74) is 0.794. The number of hydrogen-bond donors (Lipinski definition) is 6. The van der Waals surface area contributed by atoms with E-state index in [1.165, 1.54) is 36.1 Å². The number of carboxylic acid groups (broad SMARTS) is 2. The Kier molecular flexibility index (Phi) is 13.7. The first-order valence-corrected chi connectivity index (χ1v) is 15.5. The number of non-ortho nitro benzene ring substituents is 1. The minimum Gasteiger partial charge on any atom is -0.481 e. The second-order valence-corrected chi connectivity index (χ2v) is 11.4. The Morgan fingerprint density at radius 2 is 1.51 bits per heavy atom. The second-order valence-electron chi connectivity index (χ2n) is 11.4. The first-order chi connectivity index (χ1) is 23.2. The number of hydrogen-bond acceptors (Lipinski definition) is 9. The number of carboxylic acids is 2. The molecule has 5 amide bonds. The van der Waals surface area contributed by atoms with Crippen LogP contribution in [0.1, 0.15) is 51.0 Å². The number of carbonyl (C=O) groups excluding carboxylic acids is 5. The van der Waals surface area contributed by atoms with Crippen LogP contribution in [0.4, 0.5) is 11.4 Å². The van der Waals surface area contributed by atoms with Gasteiger partial charge in [-0.25, -0.2) is 0 Å². The van der Waals surface area contributed by atoms with Gasteiger partial charge in [0.05, 0.1) is 11.3 Å². The van der Waals surface area contributed by atoms with Crippen LogP contribution in [-0.2, 0) is 40.0 Å². The highest BCUT2D eigenvalue weighted by Crippen LogP contribution is 2.21. The molecule has 1 aliphatic heterocycles. The van der Waals surface area contributed by atoms with Crippen LogP contribution in [-0.4, -0.2) is 92.2 Å². The summed E-state index contributed by atoms with van der Waals surface area (Å²) in [5.74, 6) is -5.98. The second kappa shape index (κ2) is 17.9. The summed E-state index contributed by atoms with van der Waals surface area (Å²) in [4.78, 5) is 99.4. The van der Waals surface area contributed by atoms with Gasteiger partial charge in [-0.2, -0.15) is 0 Å². The fraction of sp³-hybridized carbons (Fsp3) is 0.406. The molecule has 0 aliphatic carbocycles. The number of nitrogens with zero attached hydrogens (tertiary/aromatic N) is 2. The zero-order valence-electron chi connectivity index (χ0n) is 26.6. The SMILES string of the molecule is CC(NC(=O)CCC(=O)O)C(=O)NC(CCC(=O)O)C(=O)N1CCCC1C(=O)NC(Cc1ccccc1)C(=O)Nc1ccc([N+](=O)[O-])cc1. The Morgan fingerprint density at radius 1 is 0.857 bits per heavy atom. The lowest BCUT2D eigenvalue weighted by atomic mass is 10.0. The molecule has 4 unspecified atom stereocenters. The molecule has 2 aromatic rings. The van der Waals surface area contributed by atoms with Crippen molar-refractivity contribution in [3.8, 4) is 0 Å². The van der Waals surface area contributed by atoms with Crippen molar-refractivity contribution < 1.29 is 48.7 Å². The van der Waals surface area contributed by atoms with Gasteiger partial charge in [0.1, 0.15) is 24.2 Å². The van der Waals surface area contributed by atoms with Gasteiger partial charge in [-0.15, -0.1) is 0 Å². The Bertz CT molecular complexity index is 1550. The molecule has 262 valence electrons. The Labute approximate surface area is 280 Å². The zero-order chi connectivity index (χ0) is 36.1.